The average molecular weight is 710 g/mol. The molecule has 0 aliphatic carbocycles. The smallest absolute Gasteiger partial charge is 0.410 e. The van der Waals surface area contributed by atoms with E-state index in [4.69, 9.17) is 35.6 Å². The minimum Gasteiger partial charge on any atom is -0.462 e. The first-order valence-electron chi connectivity index (χ1n) is 16.8. The maximum atomic E-state index is 17.1. The Hall–Kier alpha value is -4.25. The molecule has 0 spiro atoms. The number of nitriles is 1. The number of rotatable bonds is 8. The van der Waals surface area contributed by atoms with Crippen molar-refractivity contribution in [1.82, 2.24) is 19.8 Å². The summed E-state index contributed by atoms with van der Waals surface area (Å²) in [6.07, 6.45) is -0.399. The van der Waals surface area contributed by atoms with Gasteiger partial charge in [0.1, 0.15) is 35.2 Å². The molecule has 2 atom stereocenters. The second-order valence-electron chi connectivity index (χ2n) is 13.9. The number of benzene rings is 2. The number of aromatic nitrogens is 2. The monoisotopic (exact) mass is 709 g/mol. The third-order valence-corrected chi connectivity index (χ3v) is 8.83. The molecule has 50 heavy (non-hydrogen) atoms. The van der Waals surface area contributed by atoms with Crippen molar-refractivity contribution >= 4 is 40.1 Å². The molecule has 5 rings (SSSR count). The predicted octanol–water partition coefficient (Wildman–Crippen LogP) is 6.59. The maximum absolute atomic E-state index is 17.1. The van der Waals surface area contributed by atoms with Crippen LogP contribution < -0.4 is 14.5 Å². The summed E-state index contributed by atoms with van der Waals surface area (Å²) in [6, 6.07) is 6.65. The van der Waals surface area contributed by atoms with Gasteiger partial charge in [-0.2, -0.15) is 15.2 Å². The summed E-state index contributed by atoms with van der Waals surface area (Å²) in [5.41, 5.74) is 0.985. The lowest BCUT2D eigenvalue weighted by molar-refractivity contribution is 0.0129. The molecular formula is C36H45ClFN7O5. The highest BCUT2D eigenvalue weighted by Gasteiger charge is 2.37. The zero-order valence-corrected chi connectivity index (χ0v) is 30.7. The van der Waals surface area contributed by atoms with Gasteiger partial charge in [0.05, 0.1) is 23.9 Å². The number of anilines is 1. The van der Waals surface area contributed by atoms with Crippen LogP contribution in [0.5, 0.6) is 11.8 Å². The van der Waals surface area contributed by atoms with Crippen molar-refractivity contribution < 1.29 is 28.2 Å². The summed E-state index contributed by atoms with van der Waals surface area (Å²) < 4.78 is 34.3. The molecule has 1 aromatic heterocycles. The lowest BCUT2D eigenvalue weighted by atomic mass is 9.93. The van der Waals surface area contributed by atoms with E-state index in [2.05, 4.69) is 21.1 Å². The number of ether oxygens (including phenoxy) is 3. The number of halogens is 2. The first-order chi connectivity index (χ1) is 23.7. The van der Waals surface area contributed by atoms with Gasteiger partial charge in [-0.1, -0.05) is 22.8 Å². The summed E-state index contributed by atoms with van der Waals surface area (Å²) in [6.45, 7) is 19.2. The van der Waals surface area contributed by atoms with Crippen LogP contribution in [0.4, 0.5) is 15.0 Å². The molecule has 3 heterocycles. The van der Waals surface area contributed by atoms with Crippen LogP contribution in [0, 0.1) is 24.1 Å². The van der Waals surface area contributed by atoms with Gasteiger partial charge in [0.25, 0.3) is 0 Å². The SMILES string of the molecule is CC(C)=NOc1ccc(C)c(-c2c(Cl)cc3c(N4C[C@@H](C)N(C(=O)OC(C)(C)C)C[C@@H]4C)nc(OCCN4CCOCC4)nc3c2F)c1C#N. The van der Waals surface area contributed by atoms with E-state index in [1.165, 1.54) is 0 Å². The summed E-state index contributed by atoms with van der Waals surface area (Å²) in [4.78, 5) is 34.0. The number of piperazine rings is 1. The van der Waals surface area contributed by atoms with Crippen molar-refractivity contribution in [3.05, 3.63) is 40.2 Å². The molecule has 0 radical (unpaired) electrons. The molecule has 2 aliphatic rings. The van der Waals surface area contributed by atoms with E-state index in [9.17, 15) is 10.1 Å². The highest BCUT2D eigenvalue weighted by Crippen LogP contribution is 2.43. The molecule has 0 unspecified atom stereocenters. The number of nitrogens with zero attached hydrogens (tertiary/aromatic N) is 7. The number of amides is 1. The first-order valence-corrected chi connectivity index (χ1v) is 17.2. The fourth-order valence-electron chi connectivity index (χ4n) is 6.10. The minimum absolute atomic E-state index is 0.00410. The second-order valence-corrected chi connectivity index (χ2v) is 14.3. The Balaban J connectivity index is 1.61. The molecule has 0 N–H and O–H groups in total. The maximum Gasteiger partial charge on any atom is 0.410 e. The molecular weight excluding hydrogens is 665 g/mol. The Kier molecular flexibility index (Phi) is 11.3. The summed E-state index contributed by atoms with van der Waals surface area (Å²) in [5, 5.41) is 14.7. The van der Waals surface area contributed by atoms with Gasteiger partial charge in [-0.25, -0.2) is 9.18 Å². The van der Waals surface area contributed by atoms with Gasteiger partial charge in [-0.15, -0.1) is 0 Å². The first kappa shape index (κ1) is 37.0. The quantitative estimate of drug-likeness (QED) is 0.187. The van der Waals surface area contributed by atoms with Crippen LogP contribution in [0.1, 0.15) is 59.6 Å². The summed E-state index contributed by atoms with van der Waals surface area (Å²) >= 11 is 6.93. The number of hydrogen-bond acceptors (Lipinski definition) is 11. The van der Waals surface area contributed by atoms with Crippen LogP contribution >= 0.6 is 11.6 Å². The number of carbonyl (C=O) groups excluding carboxylic acids is 1. The Morgan fingerprint density at radius 3 is 2.52 bits per heavy atom. The van der Waals surface area contributed by atoms with Crippen LogP contribution in [-0.2, 0) is 9.47 Å². The van der Waals surface area contributed by atoms with Crippen molar-refractivity contribution in [2.24, 2.45) is 5.16 Å². The van der Waals surface area contributed by atoms with Crippen molar-refractivity contribution in [2.75, 3.05) is 57.4 Å². The molecule has 1 amide bonds. The molecule has 0 saturated carbocycles. The normalized spacial score (nSPS) is 18.5. The van der Waals surface area contributed by atoms with Crippen LogP contribution in [-0.4, -0.2) is 102 Å². The lowest BCUT2D eigenvalue weighted by Crippen LogP contribution is -2.59. The van der Waals surface area contributed by atoms with Gasteiger partial charge in [-0.05, 0) is 73.1 Å². The molecule has 12 nitrogen and oxygen atoms in total. The summed E-state index contributed by atoms with van der Waals surface area (Å²) in [7, 11) is 0. The predicted molar refractivity (Wildman–Crippen MR) is 191 cm³/mol. The molecule has 2 saturated heterocycles. The molecule has 2 aliphatic heterocycles. The zero-order chi connectivity index (χ0) is 36.3. The third kappa shape index (κ3) is 8.20. The number of oxime groups is 1. The number of morpholine rings is 1. The molecule has 0 bridgehead atoms. The Bertz CT molecular complexity index is 1820. The lowest BCUT2D eigenvalue weighted by Gasteiger charge is -2.45. The van der Waals surface area contributed by atoms with Gasteiger partial charge >= 0.3 is 12.1 Å². The van der Waals surface area contributed by atoms with E-state index in [1.54, 1.807) is 43.9 Å². The van der Waals surface area contributed by atoms with Crippen molar-refractivity contribution in [2.45, 2.75) is 73.1 Å². The van der Waals surface area contributed by atoms with Crippen molar-refractivity contribution in [1.29, 1.82) is 5.26 Å². The number of carbonyl (C=O) groups is 1. The highest BCUT2D eigenvalue weighted by molar-refractivity contribution is 6.34. The third-order valence-electron chi connectivity index (χ3n) is 8.53. The van der Waals surface area contributed by atoms with Crippen LogP contribution in [0.3, 0.4) is 0 Å². The van der Waals surface area contributed by atoms with Gasteiger partial charge in [-0.3, -0.25) is 4.90 Å². The topological polar surface area (TPSA) is 126 Å². The van der Waals surface area contributed by atoms with E-state index in [0.29, 0.717) is 55.3 Å². The fourth-order valence-corrected chi connectivity index (χ4v) is 6.38. The Morgan fingerprint density at radius 1 is 1.14 bits per heavy atom. The number of aryl methyl sites for hydroxylation is 1. The van der Waals surface area contributed by atoms with Gasteiger partial charge in [0, 0.05) is 61.3 Å². The second kappa shape index (κ2) is 15.3. The van der Waals surface area contributed by atoms with Gasteiger partial charge in [0.15, 0.2) is 11.6 Å². The summed E-state index contributed by atoms with van der Waals surface area (Å²) in [5.74, 6) is -0.130. The minimum atomic E-state index is -0.728. The molecule has 2 fully saturated rings. The standard InChI is InChI=1S/C36H45ClFN7O5/c1-21(2)42-50-28-10-9-22(3)29(26(28)18-39)30-27(37)17-25-32(31(30)38)40-34(48-16-13-43-11-14-47-15-12-43)41-33(25)44-19-24(5)45(20-23(44)4)35(46)49-36(6,7)8/h9-10,17,23-24H,11-16,19-20H2,1-8H3/t23-,24+/m0/s1. The van der Waals surface area contributed by atoms with E-state index in [-0.39, 0.29) is 57.7 Å². The van der Waals surface area contributed by atoms with E-state index in [1.807, 2.05) is 39.5 Å². The van der Waals surface area contributed by atoms with E-state index in [0.717, 1.165) is 13.1 Å². The van der Waals surface area contributed by atoms with Gasteiger partial charge < -0.3 is 28.8 Å². The van der Waals surface area contributed by atoms with E-state index >= 15 is 4.39 Å². The van der Waals surface area contributed by atoms with Gasteiger partial charge in [0.2, 0.25) is 0 Å². The Morgan fingerprint density at radius 2 is 1.86 bits per heavy atom. The number of fused-ring (bicyclic) bond motifs is 1. The molecule has 3 aromatic rings. The highest BCUT2D eigenvalue weighted by atomic mass is 35.5. The molecule has 14 heteroatoms. The van der Waals surface area contributed by atoms with Crippen molar-refractivity contribution in [3.8, 4) is 29.0 Å². The average Bonchev–Trinajstić information content (AvgIpc) is 3.05. The largest absolute Gasteiger partial charge is 0.462 e. The zero-order valence-electron chi connectivity index (χ0n) is 30.0. The fraction of sp³-hybridized carbons (Fsp3) is 0.528. The van der Waals surface area contributed by atoms with Crippen LogP contribution in [0.15, 0.2) is 23.4 Å². The Labute approximate surface area is 297 Å². The van der Waals surface area contributed by atoms with E-state index < -0.39 is 17.5 Å². The van der Waals surface area contributed by atoms with Crippen LogP contribution in [0.2, 0.25) is 5.02 Å². The van der Waals surface area contributed by atoms with Crippen molar-refractivity contribution in [3.63, 3.8) is 0 Å². The number of hydrogen-bond donors (Lipinski definition) is 0. The molecule has 2 aromatic carbocycles. The molecule has 268 valence electrons. The van der Waals surface area contributed by atoms with Crippen LogP contribution in [0.25, 0.3) is 22.0 Å².